The quantitative estimate of drug-likeness (QED) is 0.525. The topological polar surface area (TPSA) is 67.1 Å². The lowest BCUT2D eigenvalue weighted by Crippen LogP contribution is -2.46. The molecule has 1 aromatic heterocycles. The summed E-state index contributed by atoms with van der Waals surface area (Å²) in [6.45, 7) is 4.94. The van der Waals surface area contributed by atoms with Gasteiger partial charge in [-0.25, -0.2) is 4.99 Å². The summed E-state index contributed by atoms with van der Waals surface area (Å²) in [5, 5.41) is 4.43. The molecular weight excluding hydrogens is 318 g/mol. The van der Waals surface area contributed by atoms with Crippen LogP contribution >= 0.6 is 0 Å². The number of nitrogens with zero attached hydrogens (tertiary/aromatic N) is 2. The Morgan fingerprint density at radius 1 is 1.36 bits per heavy atom. The summed E-state index contributed by atoms with van der Waals surface area (Å²) in [6, 6.07) is 10.0. The highest BCUT2D eigenvalue weighted by Crippen LogP contribution is 2.21. The second-order valence-electron chi connectivity index (χ2n) is 6.21. The van der Waals surface area contributed by atoms with E-state index >= 15 is 0 Å². The lowest BCUT2D eigenvalue weighted by atomic mass is 9.97. The lowest BCUT2D eigenvalue weighted by Gasteiger charge is -2.33. The highest BCUT2D eigenvalue weighted by Gasteiger charge is 2.26. The Labute approximate surface area is 147 Å². The summed E-state index contributed by atoms with van der Waals surface area (Å²) in [6.07, 6.45) is 1.59. The molecule has 0 bridgehead atoms. The van der Waals surface area contributed by atoms with Crippen LogP contribution in [0, 0.1) is 5.92 Å². The Morgan fingerprint density at radius 2 is 2.12 bits per heavy atom. The fraction of sp³-hybridized carbons (Fsp3) is 0.474. The maximum Gasteiger partial charge on any atom is 0.308 e. The van der Waals surface area contributed by atoms with Gasteiger partial charge in [-0.05, 0) is 31.9 Å². The van der Waals surface area contributed by atoms with Crippen molar-refractivity contribution in [3.63, 3.8) is 0 Å². The Kier molecular flexibility index (Phi) is 5.58. The Bertz CT molecular complexity index is 712. The first-order valence-corrected chi connectivity index (χ1v) is 8.79. The number of aliphatic imine (C=N–C) groups is 1. The Balaban J connectivity index is 1.66. The first kappa shape index (κ1) is 17.3. The summed E-state index contributed by atoms with van der Waals surface area (Å²) >= 11 is 0. The Morgan fingerprint density at radius 3 is 2.80 bits per heavy atom. The maximum absolute atomic E-state index is 11.7. The van der Waals surface area contributed by atoms with Gasteiger partial charge in [-0.1, -0.05) is 18.2 Å². The number of hydrogen-bond donors (Lipinski definition) is 1. The average molecular weight is 343 g/mol. The number of para-hydroxylation sites is 1. The first-order valence-electron chi connectivity index (χ1n) is 8.79. The zero-order valence-corrected chi connectivity index (χ0v) is 14.8. The van der Waals surface area contributed by atoms with Crippen molar-refractivity contribution in [2.75, 3.05) is 26.7 Å². The average Bonchev–Trinajstić information content (AvgIpc) is 3.07. The van der Waals surface area contributed by atoms with Crippen LogP contribution in [0.3, 0.4) is 0 Å². The van der Waals surface area contributed by atoms with E-state index < -0.39 is 0 Å². The molecule has 1 N–H and O–H groups in total. The van der Waals surface area contributed by atoms with Gasteiger partial charge in [0.2, 0.25) is 0 Å². The molecule has 1 aromatic carbocycles. The van der Waals surface area contributed by atoms with E-state index in [1.165, 1.54) is 7.11 Å². The van der Waals surface area contributed by atoms with Gasteiger partial charge in [0, 0.05) is 25.0 Å². The summed E-state index contributed by atoms with van der Waals surface area (Å²) < 4.78 is 10.7. The van der Waals surface area contributed by atoms with Gasteiger partial charge in [-0.15, -0.1) is 0 Å². The number of esters is 1. The number of piperidine rings is 1. The fourth-order valence-corrected chi connectivity index (χ4v) is 3.19. The number of ether oxygens (including phenoxy) is 1. The van der Waals surface area contributed by atoms with Crippen LogP contribution in [-0.2, 0) is 16.1 Å². The molecule has 1 fully saturated rings. The van der Waals surface area contributed by atoms with Gasteiger partial charge in [-0.2, -0.15) is 0 Å². The van der Waals surface area contributed by atoms with Gasteiger partial charge >= 0.3 is 5.97 Å². The van der Waals surface area contributed by atoms with Gasteiger partial charge in [0.15, 0.2) is 5.96 Å². The number of nitrogens with one attached hydrogen (secondary N) is 1. The summed E-state index contributed by atoms with van der Waals surface area (Å²) in [7, 11) is 1.45. The number of benzene rings is 1. The van der Waals surface area contributed by atoms with E-state index in [0.29, 0.717) is 6.54 Å². The van der Waals surface area contributed by atoms with E-state index in [-0.39, 0.29) is 11.9 Å². The van der Waals surface area contributed by atoms with Crippen molar-refractivity contribution in [3.05, 3.63) is 36.1 Å². The molecule has 0 atom stereocenters. The second kappa shape index (κ2) is 8.05. The molecule has 25 heavy (non-hydrogen) atoms. The van der Waals surface area contributed by atoms with E-state index in [0.717, 1.165) is 55.2 Å². The van der Waals surface area contributed by atoms with E-state index in [9.17, 15) is 4.79 Å². The minimum absolute atomic E-state index is 0.000463. The first-order chi connectivity index (χ1) is 12.2. The molecule has 0 unspecified atom stereocenters. The van der Waals surface area contributed by atoms with Gasteiger partial charge in [0.1, 0.15) is 17.9 Å². The molecule has 0 saturated carbocycles. The third-order valence-corrected chi connectivity index (χ3v) is 4.53. The minimum Gasteiger partial charge on any atom is -0.469 e. The molecule has 0 radical (unpaired) electrons. The number of methoxy groups -OCH3 is 1. The molecule has 6 heteroatoms. The summed E-state index contributed by atoms with van der Waals surface area (Å²) in [4.78, 5) is 18.6. The van der Waals surface area contributed by atoms with Crippen molar-refractivity contribution in [1.29, 1.82) is 0 Å². The number of guanidine groups is 1. The van der Waals surface area contributed by atoms with Gasteiger partial charge in [0.05, 0.1) is 13.0 Å². The van der Waals surface area contributed by atoms with Crippen LogP contribution in [0.4, 0.5) is 0 Å². The molecule has 134 valence electrons. The smallest absolute Gasteiger partial charge is 0.308 e. The van der Waals surface area contributed by atoms with Crippen molar-refractivity contribution in [1.82, 2.24) is 10.2 Å². The van der Waals surface area contributed by atoms with Crippen molar-refractivity contribution in [2.24, 2.45) is 10.9 Å². The maximum atomic E-state index is 11.7. The van der Waals surface area contributed by atoms with Crippen molar-refractivity contribution in [3.8, 4) is 0 Å². The third kappa shape index (κ3) is 4.13. The molecular formula is C19H25N3O3. The monoisotopic (exact) mass is 343 g/mol. The van der Waals surface area contributed by atoms with Crippen molar-refractivity contribution < 1.29 is 13.9 Å². The number of rotatable bonds is 4. The van der Waals surface area contributed by atoms with E-state index in [4.69, 9.17) is 14.1 Å². The third-order valence-electron chi connectivity index (χ3n) is 4.53. The molecule has 3 rings (SSSR count). The predicted octanol–water partition coefficient (Wildman–Crippen LogP) is 2.78. The van der Waals surface area contributed by atoms with Crippen molar-refractivity contribution >= 4 is 22.9 Å². The van der Waals surface area contributed by atoms with Crippen LogP contribution in [0.1, 0.15) is 25.5 Å². The van der Waals surface area contributed by atoms with Crippen LogP contribution in [0.2, 0.25) is 0 Å². The fourth-order valence-electron chi connectivity index (χ4n) is 3.19. The predicted molar refractivity (Wildman–Crippen MR) is 97.3 cm³/mol. The van der Waals surface area contributed by atoms with Gasteiger partial charge in [-0.3, -0.25) is 4.79 Å². The van der Waals surface area contributed by atoms with Crippen LogP contribution in [-0.4, -0.2) is 43.6 Å². The number of carbonyl (C=O) groups is 1. The normalized spacial score (nSPS) is 16.2. The number of fused-ring (bicyclic) bond motifs is 1. The highest BCUT2D eigenvalue weighted by atomic mass is 16.5. The zero-order chi connectivity index (χ0) is 17.6. The van der Waals surface area contributed by atoms with Gasteiger partial charge < -0.3 is 19.4 Å². The van der Waals surface area contributed by atoms with E-state index in [1.54, 1.807) is 0 Å². The molecule has 2 heterocycles. The molecule has 1 saturated heterocycles. The summed E-state index contributed by atoms with van der Waals surface area (Å²) in [5.74, 6) is 1.61. The second-order valence-corrected chi connectivity index (χ2v) is 6.21. The van der Waals surface area contributed by atoms with Crippen molar-refractivity contribution in [2.45, 2.75) is 26.3 Å². The SMILES string of the molecule is CCNC(=NCc1cc2ccccc2o1)N1CCC(C(=O)OC)CC1. The lowest BCUT2D eigenvalue weighted by molar-refractivity contribution is -0.146. The minimum atomic E-state index is -0.108. The van der Waals surface area contributed by atoms with Crippen LogP contribution in [0.5, 0.6) is 0 Å². The van der Waals surface area contributed by atoms with Crippen LogP contribution in [0.25, 0.3) is 11.0 Å². The van der Waals surface area contributed by atoms with E-state index in [2.05, 4.69) is 17.1 Å². The molecule has 2 aromatic rings. The molecule has 0 amide bonds. The molecule has 1 aliphatic rings. The standard InChI is InChI=1S/C19H25N3O3/c1-3-20-19(22-10-8-14(9-11-22)18(23)24-2)21-13-16-12-15-6-4-5-7-17(15)25-16/h4-7,12,14H,3,8-11,13H2,1-2H3,(H,20,21). The van der Waals surface area contributed by atoms with Crippen LogP contribution < -0.4 is 5.32 Å². The molecule has 0 spiro atoms. The number of hydrogen-bond acceptors (Lipinski definition) is 4. The number of furan rings is 1. The van der Waals surface area contributed by atoms with Gasteiger partial charge in [0.25, 0.3) is 0 Å². The number of carbonyl (C=O) groups excluding carboxylic acids is 1. The molecule has 0 aliphatic carbocycles. The van der Waals surface area contributed by atoms with E-state index in [1.807, 2.05) is 30.3 Å². The van der Waals surface area contributed by atoms with Crippen LogP contribution in [0.15, 0.2) is 39.7 Å². The largest absolute Gasteiger partial charge is 0.469 e. The number of likely N-dealkylation sites (tertiary alicyclic amines) is 1. The summed E-state index contributed by atoms with van der Waals surface area (Å²) in [5.41, 5.74) is 0.886. The molecule has 1 aliphatic heterocycles. The zero-order valence-electron chi connectivity index (χ0n) is 14.8. The molecule has 6 nitrogen and oxygen atoms in total. The highest BCUT2D eigenvalue weighted by molar-refractivity contribution is 5.81. The Hall–Kier alpha value is -2.50.